The smallest absolute Gasteiger partial charge is 0.223 e. The van der Waals surface area contributed by atoms with Gasteiger partial charge in [-0.3, -0.25) is 9.59 Å². The minimum Gasteiger partial charge on any atom is -0.361 e. The van der Waals surface area contributed by atoms with Gasteiger partial charge in [-0.2, -0.15) is 0 Å². The number of para-hydroxylation sites is 1. The van der Waals surface area contributed by atoms with Crippen molar-refractivity contribution in [3.8, 4) is 0 Å². The largest absolute Gasteiger partial charge is 0.361 e. The Morgan fingerprint density at radius 2 is 1.80 bits per heavy atom. The Kier molecular flexibility index (Phi) is 5.38. The summed E-state index contributed by atoms with van der Waals surface area (Å²) in [5.74, 6) is -0.330. The van der Waals surface area contributed by atoms with Crippen LogP contribution in [-0.4, -0.2) is 55.4 Å². The lowest BCUT2D eigenvalue weighted by Crippen LogP contribution is -2.34. The Labute approximate surface area is 148 Å². The van der Waals surface area contributed by atoms with E-state index in [2.05, 4.69) is 21.7 Å². The van der Waals surface area contributed by atoms with E-state index < -0.39 is 0 Å². The number of carbonyl (C=O) groups is 2. The lowest BCUT2D eigenvalue weighted by atomic mass is 10.1. The number of benzene rings is 1. The number of aromatic nitrogens is 1. The number of hydrogen-bond acceptors (Lipinski definition) is 3. The fourth-order valence-corrected chi connectivity index (χ4v) is 3.10. The lowest BCUT2D eigenvalue weighted by molar-refractivity contribution is -0.127. The van der Waals surface area contributed by atoms with Crippen LogP contribution in [0.25, 0.3) is 10.9 Å². The molecule has 2 atom stereocenters. The van der Waals surface area contributed by atoms with E-state index in [1.807, 2.05) is 43.4 Å². The Hall–Kier alpha value is -2.34. The summed E-state index contributed by atoms with van der Waals surface area (Å²) in [7, 11) is 3.93. The maximum atomic E-state index is 12.2. The number of carbonyl (C=O) groups excluding carboxylic acids is 2. The van der Waals surface area contributed by atoms with Gasteiger partial charge in [0.2, 0.25) is 11.8 Å². The van der Waals surface area contributed by atoms with Crippen molar-refractivity contribution >= 4 is 22.7 Å². The third-order valence-electron chi connectivity index (χ3n) is 4.69. The summed E-state index contributed by atoms with van der Waals surface area (Å²) in [6.07, 6.45) is 3.43. The molecule has 134 valence electrons. The molecule has 2 unspecified atom stereocenters. The number of nitrogens with one attached hydrogen (secondary N) is 3. The highest BCUT2D eigenvalue weighted by Gasteiger charge is 2.47. The van der Waals surface area contributed by atoms with Crippen LogP contribution in [0.5, 0.6) is 0 Å². The fraction of sp³-hybridized carbons (Fsp3) is 0.474. The molecular formula is C19H26N4O2. The first-order valence-electron chi connectivity index (χ1n) is 8.81. The molecule has 2 amide bonds. The molecule has 6 heteroatoms. The lowest BCUT2D eigenvalue weighted by Gasteiger charge is -2.10. The van der Waals surface area contributed by atoms with Crippen LogP contribution in [0.15, 0.2) is 30.5 Å². The van der Waals surface area contributed by atoms with Gasteiger partial charge in [-0.15, -0.1) is 0 Å². The van der Waals surface area contributed by atoms with E-state index in [0.717, 1.165) is 18.5 Å². The second-order valence-electron chi connectivity index (χ2n) is 6.94. The summed E-state index contributed by atoms with van der Waals surface area (Å²) in [5.41, 5.74) is 2.31. The summed E-state index contributed by atoms with van der Waals surface area (Å²) in [6.45, 7) is 2.02. The summed E-state index contributed by atoms with van der Waals surface area (Å²) in [6, 6.07) is 8.14. The van der Waals surface area contributed by atoms with E-state index in [1.165, 1.54) is 10.9 Å². The molecule has 0 spiro atoms. The van der Waals surface area contributed by atoms with Gasteiger partial charge < -0.3 is 20.5 Å². The number of rotatable bonds is 8. The van der Waals surface area contributed by atoms with E-state index in [4.69, 9.17) is 0 Å². The molecule has 6 nitrogen and oxygen atoms in total. The van der Waals surface area contributed by atoms with E-state index >= 15 is 0 Å². The van der Waals surface area contributed by atoms with E-state index in [-0.39, 0.29) is 23.7 Å². The first-order valence-corrected chi connectivity index (χ1v) is 8.81. The number of aromatic amines is 1. The normalized spacial score (nSPS) is 19.2. The van der Waals surface area contributed by atoms with Gasteiger partial charge in [-0.05, 0) is 38.6 Å². The Morgan fingerprint density at radius 3 is 2.52 bits per heavy atom. The van der Waals surface area contributed by atoms with Gasteiger partial charge in [0, 0.05) is 36.7 Å². The highest BCUT2D eigenvalue weighted by Crippen LogP contribution is 2.38. The molecule has 0 saturated heterocycles. The molecule has 0 bridgehead atoms. The zero-order chi connectivity index (χ0) is 17.8. The highest BCUT2D eigenvalue weighted by molar-refractivity contribution is 5.92. The molecule has 0 radical (unpaired) electrons. The van der Waals surface area contributed by atoms with Crippen LogP contribution in [0.4, 0.5) is 0 Å². The first-order chi connectivity index (χ1) is 12.1. The number of likely N-dealkylation sites (N-methyl/N-ethyl adjacent to an activating group) is 1. The van der Waals surface area contributed by atoms with Crippen molar-refractivity contribution in [2.45, 2.75) is 12.8 Å². The monoisotopic (exact) mass is 342 g/mol. The van der Waals surface area contributed by atoms with E-state index in [0.29, 0.717) is 19.5 Å². The first kappa shape index (κ1) is 17.5. The third-order valence-corrected chi connectivity index (χ3v) is 4.69. The minimum absolute atomic E-state index is 0.00127. The van der Waals surface area contributed by atoms with Crippen molar-refractivity contribution < 1.29 is 9.59 Å². The second-order valence-corrected chi connectivity index (χ2v) is 6.94. The Bertz CT molecular complexity index is 753. The quantitative estimate of drug-likeness (QED) is 0.673. The highest BCUT2D eigenvalue weighted by atomic mass is 16.2. The summed E-state index contributed by atoms with van der Waals surface area (Å²) >= 11 is 0. The molecule has 25 heavy (non-hydrogen) atoms. The van der Waals surface area contributed by atoms with Gasteiger partial charge in [0.1, 0.15) is 0 Å². The van der Waals surface area contributed by atoms with Gasteiger partial charge in [0.05, 0.1) is 11.8 Å². The molecule has 1 heterocycles. The molecular weight excluding hydrogens is 316 g/mol. The van der Waals surface area contributed by atoms with Crippen molar-refractivity contribution in [3.63, 3.8) is 0 Å². The van der Waals surface area contributed by atoms with Gasteiger partial charge in [0.25, 0.3) is 0 Å². The predicted molar refractivity (Wildman–Crippen MR) is 98.2 cm³/mol. The van der Waals surface area contributed by atoms with Gasteiger partial charge in [-0.25, -0.2) is 0 Å². The molecule has 1 aromatic carbocycles. The predicted octanol–water partition coefficient (Wildman–Crippen LogP) is 1.14. The van der Waals surface area contributed by atoms with Crippen molar-refractivity contribution in [1.82, 2.24) is 20.5 Å². The molecule has 0 aliphatic heterocycles. The molecule has 1 fully saturated rings. The summed E-state index contributed by atoms with van der Waals surface area (Å²) < 4.78 is 0. The molecule has 1 saturated carbocycles. The van der Waals surface area contributed by atoms with Crippen LogP contribution >= 0.6 is 0 Å². The molecule has 1 aliphatic rings. The Morgan fingerprint density at radius 1 is 1.12 bits per heavy atom. The summed E-state index contributed by atoms with van der Waals surface area (Å²) in [5, 5.41) is 7.06. The summed E-state index contributed by atoms with van der Waals surface area (Å²) in [4.78, 5) is 29.4. The topological polar surface area (TPSA) is 77.2 Å². The Balaban J connectivity index is 1.40. The maximum absolute atomic E-state index is 12.2. The average molecular weight is 342 g/mol. The van der Waals surface area contributed by atoms with E-state index in [9.17, 15) is 9.59 Å². The fourth-order valence-electron chi connectivity index (χ4n) is 3.10. The number of hydrogen-bond donors (Lipinski definition) is 3. The third kappa shape index (κ3) is 4.39. The van der Waals surface area contributed by atoms with Gasteiger partial charge in [-0.1, -0.05) is 18.2 Å². The van der Waals surface area contributed by atoms with Crippen molar-refractivity contribution in [1.29, 1.82) is 0 Å². The SMILES string of the molecule is CN(C)CCNC(=O)C1CC1C(=O)NCCc1c[nH]c2ccccc12. The van der Waals surface area contributed by atoms with Crippen molar-refractivity contribution in [3.05, 3.63) is 36.0 Å². The van der Waals surface area contributed by atoms with Crippen LogP contribution in [-0.2, 0) is 16.0 Å². The van der Waals surface area contributed by atoms with Crippen LogP contribution in [0.1, 0.15) is 12.0 Å². The van der Waals surface area contributed by atoms with E-state index in [1.54, 1.807) is 0 Å². The molecule has 3 N–H and O–H groups in total. The molecule has 3 rings (SSSR count). The average Bonchev–Trinajstić information content (AvgIpc) is 3.30. The number of H-pyrrole nitrogens is 1. The number of fused-ring (bicyclic) bond motifs is 1. The zero-order valence-electron chi connectivity index (χ0n) is 14.8. The van der Waals surface area contributed by atoms with Crippen LogP contribution in [0.3, 0.4) is 0 Å². The van der Waals surface area contributed by atoms with Crippen molar-refractivity contribution in [2.24, 2.45) is 11.8 Å². The zero-order valence-corrected chi connectivity index (χ0v) is 14.8. The van der Waals surface area contributed by atoms with Gasteiger partial charge >= 0.3 is 0 Å². The second kappa shape index (κ2) is 7.70. The van der Waals surface area contributed by atoms with Crippen LogP contribution < -0.4 is 10.6 Å². The minimum atomic E-state index is -0.165. The molecule has 1 aliphatic carbocycles. The van der Waals surface area contributed by atoms with Gasteiger partial charge in [0.15, 0.2) is 0 Å². The van der Waals surface area contributed by atoms with Crippen molar-refractivity contribution in [2.75, 3.05) is 33.7 Å². The molecule has 2 aromatic rings. The number of amides is 2. The number of nitrogens with zero attached hydrogens (tertiary/aromatic N) is 1. The van der Waals surface area contributed by atoms with Crippen LogP contribution in [0.2, 0.25) is 0 Å². The van der Waals surface area contributed by atoms with Crippen LogP contribution in [0, 0.1) is 11.8 Å². The standard InChI is InChI=1S/C19H26N4O2/c1-23(2)10-9-21-19(25)16-11-15(16)18(24)20-8-7-13-12-22-17-6-4-3-5-14(13)17/h3-6,12,15-16,22H,7-11H2,1-2H3,(H,20,24)(H,21,25). The molecule has 1 aromatic heterocycles. The maximum Gasteiger partial charge on any atom is 0.223 e.